The normalized spacial score (nSPS) is 17.3. The van der Waals surface area contributed by atoms with Gasteiger partial charge in [-0.05, 0) is 25.3 Å². The maximum atomic E-state index is 6.06. The molecule has 1 saturated heterocycles. The molecule has 1 unspecified atom stereocenters. The molecule has 0 aliphatic carbocycles. The Bertz CT molecular complexity index is 550. The van der Waals surface area contributed by atoms with Crippen LogP contribution in [0, 0.1) is 0 Å². The quantitative estimate of drug-likeness (QED) is 0.854. The van der Waals surface area contributed by atoms with Crippen LogP contribution in [-0.4, -0.2) is 21.8 Å². The lowest BCUT2D eigenvalue weighted by Crippen LogP contribution is -2.25. The molecule has 21 heavy (non-hydrogen) atoms. The predicted molar refractivity (Wildman–Crippen MR) is 86.1 cm³/mol. The van der Waals surface area contributed by atoms with E-state index in [0.717, 1.165) is 24.5 Å². The third kappa shape index (κ3) is 3.53. The topological polar surface area (TPSA) is 38.3 Å². The highest BCUT2D eigenvalue weighted by Gasteiger charge is 2.20. The molecule has 4 nitrogen and oxygen atoms in total. The molecule has 2 aromatic rings. The molecule has 0 amide bonds. The maximum absolute atomic E-state index is 6.06. The third-order valence-electron chi connectivity index (χ3n) is 3.91. The Kier molecular flexibility index (Phi) is 4.70. The average Bonchev–Trinajstić information content (AvgIpc) is 2.81. The summed E-state index contributed by atoms with van der Waals surface area (Å²) in [5.74, 6) is 1.60. The van der Waals surface area contributed by atoms with Gasteiger partial charge < -0.3 is 9.64 Å². The molecule has 1 aliphatic rings. The second-order valence-corrected chi connectivity index (χ2v) is 5.99. The number of benzene rings is 1. The van der Waals surface area contributed by atoms with E-state index in [0.29, 0.717) is 5.88 Å². The highest BCUT2D eigenvalue weighted by molar-refractivity contribution is 6.99. The number of rotatable bonds is 4. The van der Waals surface area contributed by atoms with E-state index in [2.05, 4.69) is 32.7 Å². The van der Waals surface area contributed by atoms with Crippen molar-refractivity contribution >= 4 is 17.5 Å². The summed E-state index contributed by atoms with van der Waals surface area (Å²) in [5, 5.41) is 0. The van der Waals surface area contributed by atoms with Crippen LogP contribution in [0.5, 0.6) is 5.88 Å². The van der Waals surface area contributed by atoms with Crippen LogP contribution in [-0.2, 0) is 0 Å². The summed E-state index contributed by atoms with van der Waals surface area (Å²) in [6.45, 7) is 4.17. The van der Waals surface area contributed by atoms with Crippen LogP contribution in [0.15, 0.2) is 30.3 Å². The second-order valence-electron chi connectivity index (χ2n) is 5.47. The zero-order chi connectivity index (χ0) is 14.5. The van der Waals surface area contributed by atoms with Gasteiger partial charge in [-0.3, -0.25) is 0 Å². The van der Waals surface area contributed by atoms with Crippen LogP contribution in [0.4, 0.5) is 5.82 Å². The van der Waals surface area contributed by atoms with Gasteiger partial charge in [-0.2, -0.15) is 4.37 Å². The van der Waals surface area contributed by atoms with E-state index in [-0.39, 0.29) is 6.10 Å². The fraction of sp³-hybridized carbons (Fsp3) is 0.500. The maximum Gasteiger partial charge on any atom is 0.271 e. The van der Waals surface area contributed by atoms with Crippen LogP contribution in [0.3, 0.4) is 0 Å². The number of aromatic nitrogens is 2. The highest BCUT2D eigenvalue weighted by atomic mass is 32.1. The van der Waals surface area contributed by atoms with E-state index in [1.165, 1.54) is 37.4 Å². The van der Waals surface area contributed by atoms with Gasteiger partial charge in [-0.25, -0.2) is 0 Å². The highest BCUT2D eigenvalue weighted by Crippen LogP contribution is 2.31. The summed E-state index contributed by atoms with van der Waals surface area (Å²) in [6, 6.07) is 10.2. The summed E-state index contributed by atoms with van der Waals surface area (Å²) < 4.78 is 14.9. The van der Waals surface area contributed by atoms with E-state index in [9.17, 15) is 0 Å². The van der Waals surface area contributed by atoms with E-state index in [4.69, 9.17) is 4.74 Å². The van der Waals surface area contributed by atoms with Crippen molar-refractivity contribution in [2.24, 2.45) is 0 Å². The van der Waals surface area contributed by atoms with Crippen molar-refractivity contribution in [3.05, 3.63) is 35.9 Å². The van der Waals surface area contributed by atoms with Gasteiger partial charge in [0.25, 0.3) is 5.88 Å². The number of ether oxygens (including phenoxy) is 1. The van der Waals surface area contributed by atoms with Crippen molar-refractivity contribution < 1.29 is 4.74 Å². The first-order valence-corrected chi connectivity index (χ1v) is 8.37. The van der Waals surface area contributed by atoms with Gasteiger partial charge in [-0.1, -0.05) is 43.2 Å². The molecule has 1 aromatic heterocycles. The summed E-state index contributed by atoms with van der Waals surface area (Å²) in [6.07, 6.45) is 5.06. The van der Waals surface area contributed by atoms with E-state index in [1.54, 1.807) is 0 Å². The second kappa shape index (κ2) is 6.89. The number of nitrogens with zero attached hydrogens (tertiary/aromatic N) is 3. The van der Waals surface area contributed by atoms with Crippen LogP contribution in [0.2, 0.25) is 0 Å². The number of hydrogen-bond acceptors (Lipinski definition) is 5. The molecular formula is C16H21N3OS. The number of hydrogen-bond donors (Lipinski definition) is 0. The van der Waals surface area contributed by atoms with E-state index >= 15 is 0 Å². The molecular weight excluding hydrogens is 282 g/mol. The van der Waals surface area contributed by atoms with Gasteiger partial charge in [0.15, 0.2) is 0 Å². The molecule has 0 N–H and O–H groups in total. The van der Waals surface area contributed by atoms with Gasteiger partial charge in [0.05, 0.1) is 11.7 Å². The molecule has 1 fully saturated rings. The standard InChI is InChI=1S/C16H21N3OS/c1-13(14-9-5-4-6-10-14)20-16-15(17-21-18-16)19-11-7-2-3-8-12-19/h4-6,9-10,13H,2-3,7-8,11-12H2,1H3. The Labute approximate surface area is 130 Å². The van der Waals surface area contributed by atoms with Crippen molar-refractivity contribution in [1.29, 1.82) is 0 Å². The summed E-state index contributed by atoms with van der Waals surface area (Å²) in [4.78, 5) is 2.32. The molecule has 0 bridgehead atoms. The average molecular weight is 303 g/mol. The molecule has 112 valence electrons. The fourth-order valence-electron chi connectivity index (χ4n) is 2.69. The predicted octanol–water partition coefficient (Wildman–Crippen LogP) is 4.06. The van der Waals surface area contributed by atoms with E-state index < -0.39 is 0 Å². The minimum atomic E-state index is -0.0131. The molecule has 0 saturated carbocycles. The molecule has 1 atom stereocenters. The van der Waals surface area contributed by atoms with Gasteiger partial charge in [0, 0.05) is 13.1 Å². The van der Waals surface area contributed by atoms with E-state index in [1.807, 2.05) is 18.2 Å². The number of anilines is 1. The largest absolute Gasteiger partial charge is 0.467 e. The first kappa shape index (κ1) is 14.3. The van der Waals surface area contributed by atoms with Crippen molar-refractivity contribution in [2.75, 3.05) is 18.0 Å². The molecule has 3 rings (SSSR count). The van der Waals surface area contributed by atoms with Crippen LogP contribution < -0.4 is 9.64 Å². The Morgan fingerprint density at radius 2 is 1.76 bits per heavy atom. The summed E-state index contributed by atoms with van der Waals surface area (Å²) >= 11 is 1.24. The summed E-state index contributed by atoms with van der Waals surface area (Å²) in [7, 11) is 0. The molecule has 0 radical (unpaired) electrons. The smallest absolute Gasteiger partial charge is 0.271 e. The Morgan fingerprint density at radius 3 is 2.48 bits per heavy atom. The van der Waals surface area contributed by atoms with Crippen molar-refractivity contribution in [3.63, 3.8) is 0 Å². The van der Waals surface area contributed by atoms with Crippen LogP contribution in [0.1, 0.15) is 44.3 Å². The van der Waals surface area contributed by atoms with Crippen molar-refractivity contribution in [1.82, 2.24) is 8.75 Å². The van der Waals surface area contributed by atoms with Crippen molar-refractivity contribution in [2.45, 2.75) is 38.7 Å². The monoisotopic (exact) mass is 303 g/mol. The molecule has 1 aliphatic heterocycles. The van der Waals surface area contributed by atoms with Gasteiger partial charge in [-0.15, -0.1) is 4.37 Å². The van der Waals surface area contributed by atoms with Gasteiger partial charge in [0.1, 0.15) is 6.10 Å². The molecule has 2 heterocycles. The molecule has 5 heteroatoms. The van der Waals surface area contributed by atoms with Gasteiger partial charge in [0.2, 0.25) is 5.82 Å². The fourth-order valence-corrected chi connectivity index (χ4v) is 3.20. The minimum Gasteiger partial charge on any atom is -0.467 e. The van der Waals surface area contributed by atoms with Gasteiger partial charge >= 0.3 is 0 Å². The lowest BCUT2D eigenvalue weighted by molar-refractivity contribution is 0.220. The lowest BCUT2D eigenvalue weighted by atomic mass is 10.1. The van der Waals surface area contributed by atoms with Crippen LogP contribution in [0.25, 0.3) is 0 Å². The first-order valence-electron chi connectivity index (χ1n) is 7.63. The Hall–Kier alpha value is -1.62. The molecule has 0 spiro atoms. The SMILES string of the molecule is CC(Oc1nsnc1N1CCCCCC1)c1ccccc1. The zero-order valence-electron chi connectivity index (χ0n) is 12.4. The Morgan fingerprint density at radius 1 is 1.05 bits per heavy atom. The van der Waals surface area contributed by atoms with Crippen molar-refractivity contribution in [3.8, 4) is 5.88 Å². The molecule has 1 aromatic carbocycles. The Balaban J connectivity index is 1.73. The minimum absolute atomic E-state index is 0.0131. The summed E-state index contributed by atoms with van der Waals surface area (Å²) in [5.41, 5.74) is 1.16. The first-order chi connectivity index (χ1) is 10.3. The third-order valence-corrected chi connectivity index (χ3v) is 4.41. The lowest BCUT2D eigenvalue weighted by Gasteiger charge is -2.21. The zero-order valence-corrected chi connectivity index (χ0v) is 13.2. The van der Waals surface area contributed by atoms with Crippen LogP contribution >= 0.6 is 11.7 Å².